The molecule has 0 spiro atoms. The van der Waals surface area contributed by atoms with Crippen molar-refractivity contribution in [2.24, 2.45) is 5.16 Å². The molecule has 51 heavy (non-hydrogen) atoms. The van der Waals surface area contributed by atoms with Crippen molar-refractivity contribution >= 4 is 51.7 Å². The van der Waals surface area contributed by atoms with Crippen LogP contribution in [0.5, 0.6) is 0 Å². The van der Waals surface area contributed by atoms with Gasteiger partial charge in [-0.1, -0.05) is 96.2 Å². The number of anilines is 1. The number of ether oxygens (including phenoxy) is 2. The Balaban J connectivity index is 1.34. The number of oxime groups is 1. The lowest BCUT2D eigenvalue weighted by atomic mass is 9.77. The number of methoxy groups -OCH3 is 2. The summed E-state index contributed by atoms with van der Waals surface area (Å²) in [5.74, 6) is -3.37. The van der Waals surface area contributed by atoms with Crippen LogP contribution in [0, 0.1) is 0 Å². The number of benzene rings is 3. The molecule has 2 aliphatic heterocycles. The molecule has 0 radical (unpaired) electrons. The van der Waals surface area contributed by atoms with Crippen LogP contribution in [0.3, 0.4) is 0 Å². The molecule has 0 saturated carbocycles. The molecule has 6 rings (SSSR count). The summed E-state index contributed by atoms with van der Waals surface area (Å²) >= 11 is 2.62. The number of thioether (sulfide) groups is 1. The Morgan fingerprint density at radius 1 is 0.961 bits per heavy atom. The van der Waals surface area contributed by atoms with Crippen LogP contribution in [-0.2, 0) is 34.2 Å². The fourth-order valence-electron chi connectivity index (χ4n) is 5.96. The number of aliphatic carboxylic acids is 1. The Kier molecular flexibility index (Phi) is 10.6. The number of hydrogen-bond acceptors (Lipinski definition) is 11. The van der Waals surface area contributed by atoms with Gasteiger partial charge in [0.05, 0.1) is 6.61 Å². The molecule has 0 aliphatic carbocycles. The molecule has 264 valence electrons. The van der Waals surface area contributed by atoms with Crippen LogP contribution in [0.25, 0.3) is 0 Å². The maximum absolute atomic E-state index is 14.0. The minimum atomic E-state index is -1.23. The Morgan fingerprint density at radius 3 is 2.04 bits per heavy atom. The maximum atomic E-state index is 14.0. The van der Waals surface area contributed by atoms with Crippen LogP contribution in [0.15, 0.2) is 113 Å². The van der Waals surface area contributed by atoms with Gasteiger partial charge < -0.3 is 30.1 Å². The van der Waals surface area contributed by atoms with Crippen LogP contribution >= 0.6 is 23.1 Å². The second-order valence-corrected chi connectivity index (χ2v) is 14.2. The predicted molar refractivity (Wildman–Crippen MR) is 195 cm³/mol. The van der Waals surface area contributed by atoms with Gasteiger partial charge in [-0.15, -0.1) is 23.1 Å². The van der Waals surface area contributed by atoms with Gasteiger partial charge in [-0.05, 0) is 22.3 Å². The van der Waals surface area contributed by atoms with Gasteiger partial charge >= 0.3 is 5.97 Å². The smallest absolute Gasteiger partial charge is 0.352 e. The quantitative estimate of drug-likeness (QED) is 0.0530. The van der Waals surface area contributed by atoms with E-state index in [9.17, 15) is 19.5 Å². The number of rotatable bonds is 14. The maximum Gasteiger partial charge on any atom is 0.352 e. The van der Waals surface area contributed by atoms with Gasteiger partial charge in [0.1, 0.15) is 28.3 Å². The van der Waals surface area contributed by atoms with Crippen molar-refractivity contribution in [3.05, 3.63) is 130 Å². The van der Waals surface area contributed by atoms with E-state index >= 15 is 0 Å². The lowest BCUT2D eigenvalue weighted by molar-refractivity contribution is -0.197. The van der Waals surface area contributed by atoms with Gasteiger partial charge in [0.15, 0.2) is 10.8 Å². The third kappa shape index (κ3) is 7.13. The Bertz CT molecular complexity index is 1850. The Morgan fingerprint density at radius 2 is 1.53 bits per heavy atom. The van der Waals surface area contributed by atoms with Gasteiger partial charge in [0, 0.05) is 39.2 Å². The van der Waals surface area contributed by atoms with Gasteiger partial charge in [-0.25, -0.2) is 9.78 Å². The van der Waals surface area contributed by atoms with Crippen LogP contribution in [0.4, 0.5) is 5.13 Å². The molecular weight excluding hydrogens is 691 g/mol. The number of carbonyl (C=O) groups excluding carboxylic acids is 2. The van der Waals surface area contributed by atoms with Crippen molar-refractivity contribution in [2.75, 3.05) is 31.9 Å². The summed E-state index contributed by atoms with van der Waals surface area (Å²) in [6.45, 7) is 3.35. The summed E-state index contributed by atoms with van der Waals surface area (Å²) in [5, 5.41) is 22.1. The molecule has 1 saturated heterocycles. The van der Waals surface area contributed by atoms with Crippen LogP contribution < -0.4 is 10.6 Å². The number of hydrogen-bond donors (Lipinski definition) is 3. The normalized spacial score (nSPS) is 17.8. The first-order chi connectivity index (χ1) is 24.6. The van der Waals surface area contributed by atoms with Crippen LogP contribution in [0.2, 0.25) is 0 Å². The monoisotopic (exact) mass is 727 g/mol. The third-order valence-corrected chi connectivity index (χ3v) is 10.7. The zero-order valence-electron chi connectivity index (χ0n) is 28.4. The zero-order valence-corrected chi connectivity index (χ0v) is 30.0. The average Bonchev–Trinajstić information content (AvgIpc) is 3.61. The second-order valence-electron chi connectivity index (χ2n) is 12.2. The number of β-lactam (4-membered cyclic amide) rings is 1. The van der Waals surface area contributed by atoms with Crippen molar-refractivity contribution in [3.63, 3.8) is 0 Å². The SMILES string of the molecule is COCC1=C(C(=O)O)N2C(=O)[C@@H](NC(=O)/C(=N\OC(C)(C)OC)c3csc(NC(c4ccccc4)(c4ccccc4)c4ccccc4)n3)[C@H]2SC1. The topological polar surface area (TPSA) is 152 Å². The van der Waals surface area contributed by atoms with E-state index in [2.05, 4.69) is 15.8 Å². The number of thiazole rings is 1. The summed E-state index contributed by atoms with van der Waals surface area (Å²) in [5.41, 5.74) is 2.42. The van der Waals surface area contributed by atoms with E-state index < -0.39 is 40.5 Å². The number of nitrogens with one attached hydrogen (secondary N) is 2. The molecule has 0 bridgehead atoms. The highest BCUT2D eigenvalue weighted by atomic mass is 32.2. The molecule has 3 heterocycles. The molecule has 4 aromatic rings. The van der Waals surface area contributed by atoms with E-state index in [1.165, 1.54) is 42.2 Å². The molecule has 2 atom stereocenters. The van der Waals surface area contributed by atoms with Crippen molar-refractivity contribution < 1.29 is 33.8 Å². The first-order valence-electron chi connectivity index (χ1n) is 16.0. The Labute approximate surface area is 303 Å². The fraction of sp³-hybridized carbons (Fsp3) is 0.270. The molecule has 1 aromatic heterocycles. The Hall–Kier alpha value is -5.02. The number of fused-ring (bicyclic) bond motifs is 1. The van der Waals surface area contributed by atoms with Crippen LogP contribution in [-0.4, -0.2) is 82.3 Å². The average molecular weight is 728 g/mol. The molecule has 3 N–H and O–H groups in total. The number of aromatic nitrogens is 1. The summed E-state index contributed by atoms with van der Waals surface area (Å²) in [6, 6.07) is 29.1. The number of amides is 2. The van der Waals surface area contributed by atoms with Gasteiger partial charge in [0.2, 0.25) is 5.79 Å². The van der Waals surface area contributed by atoms with E-state index in [1.807, 2.05) is 91.0 Å². The lowest BCUT2D eigenvalue weighted by Gasteiger charge is -2.49. The van der Waals surface area contributed by atoms with Crippen LogP contribution in [0.1, 0.15) is 36.2 Å². The van der Waals surface area contributed by atoms with Crippen molar-refractivity contribution in [1.82, 2.24) is 15.2 Å². The lowest BCUT2D eigenvalue weighted by Crippen LogP contribution is -2.71. The highest BCUT2D eigenvalue weighted by Crippen LogP contribution is 2.42. The first-order valence-corrected chi connectivity index (χ1v) is 17.9. The number of nitrogens with zero attached hydrogens (tertiary/aromatic N) is 3. The third-order valence-electron chi connectivity index (χ3n) is 8.58. The highest BCUT2D eigenvalue weighted by Gasteiger charge is 2.54. The van der Waals surface area contributed by atoms with Crippen molar-refractivity contribution in [3.8, 4) is 0 Å². The summed E-state index contributed by atoms with van der Waals surface area (Å²) in [6.07, 6.45) is 0. The highest BCUT2D eigenvalue weighted by molar-refractivity contribution is 8.00. The summed E-state index contributed by atoms with van der Waals surface area (Å²) in [7, 11) is 2.91. The van der Waals surface area contributed by atoms with E-state index in [1.54, 1.807) is 19.2 Å². The standard InChI is InChI=1S/C37H37N5O7S2/c1-36(2,48-4)49-41-28(31(43)39-29-32(44)42-30(34(45)46)23(20-47-3)21-50-33(29)42)27-22-51-35(38-27)40-37(24-14-8-5-9-15-24,25-16-10-6-11-17-25)26-18-12-7-13-19-26/h5-19,22,29,33H,20-21H2,1-4H3,(H,38,40)(H,39,43)(H,45,46)/b41-28-/t29-,33-/m1/s1. The largest absolute Gasteiger partial charge is 0.477 e. The molecule has 2 amide bonds. The second kappa shape index (κ2) is 15.1. The molecule has 2 aliphatic rings. The van der Waals surface area contributed by atoms with Gasteiger partial charge in [0.25, 0.3) is 11.8 Å². The van der Waals surface area contributed by atoms with E-state index in [-0.39, 0.29) is 23.7 Å². The van der Waals surface area contributed by atoms with Gasteiger partial charge in [-0.2, -0.15) is 0 Å². The fourth-order valence-corrected chi connectivity index (χ4v) is 8.03. The molecule has 1 fully saturated rings. The first kappa shape index (κ1) is 35.8. The summed E-state index contributed by atoms with van der Waals surface area (Å²) in [4.78, 5) is 51.1. The van der Waals surface area contributed by atoms with E-state index in [4.69, 9.17) is 19.3 Å². The summed E-state index contributed by atoms with van der Waals surface area (Å²) < 4.78 is 10.5. The molecule has 12 nitrogen and oxygen atoms in total. The number of carboxylic acid groups (broad SMARTS) is 1. The minimum Gasteiger partial charge on any atom is -0.477 e. The molecule has 14 heteroatoms. The minimum absolute atomic E-state index is 0.0753. The van der Waals surface area contributed by atoms with Crippen molar-refractivity contribution in [2.45, 2.75) is 36.6 Å². The predicted octanol–water partition coefficient (Wildman–Crippen LogP) is 5.04. The molecule has 3 aromatic carbocycles. The number of carbonyl (C=O) groups is 3. The van der Waals surface area contributed by atoms with Gasteiger partial charge in [-0.3, -0.25) is 14.5 Å². The molecular formula is C37H37N5O7S2. The molecule has 0 unspecified atom stereocenters. The van der Waals surface area contributed by atoms with Crippen molar-refractivity contribution in [1.29, 1.82) is 0 Å². The van der Waals surface area contributed by atoms with E-state index in [0.717, 1.165) is 16.7 Å². The van der Waals surface area contributed by atoms with E-state index in [0.29, 0.717) is 16.5 Å². The number of carboxylic acids is 1. The zero-order chi connectivity index (χ0) is 36.2.